The van der Waals surface area contributed by atoms with Crippen molar-refractivity contribution in [3.8, 4) is 0 Å². The van der Waals surface area contributed by atoms with Crippen LogP contribution in [-0.4, -0.2) is 117 Å². The predicted molar refractivity (Wildman–Crippen MR) is 194 cm³/mol. The van der Waals surface area contributed by atoms with Crippen LogP contribution in [0.2, 0.25) is 0 Å². The van der Waals surface area contributed by atoms with Crippen LogP contribution in [0, 0.1) is 0 Å². The second-order valence-electron chi connectivity index (χ2n) is 14.6. The minimum atomic E-state index is -0.811. The van der Waals surface area contributed by atoms with Gasteiger partial charge in [0.2, 0.25) is 0 Å². The van der Waals surface area contributed by atoms with Gasteiger partial charge in [-0.2, -0.15) is 10.2 Å². The van der Waals surface area contributed by atoms with Crippen LogP contribution < -0.4 is 10.6 Å². The Labute approximate surface area is 314 Å². The highest BCUT2D eigenvalue weighted by molar-refractivity contribution is 6.04. The highest BCUT2D eigenvalue weighted by atomic mass is 16.6. The van der Waals surface area contributed by atoms with E-state index in [1.807, 2.05) is 41.5 Å². The minimum Gasteiger partial charge on any atom is -0.464 e. The number of hydrogen-bond donors (Lipinski definition) is 2. The minimum absolute atomic E-state index is 0.0186. The van der Waals surface area contributed by atoms with Crippen molar-refractivity contribution in [3.63, 3.8) is 0 Å². The normalized spacial score (nSPS) is 15.2. The smallest absolute Gasteiger partial charge is 0.410 e. The molecule has 0 aliphatic carbocycles. The predicted octanol–water partition coefficient (Wildman–Crippen LogP) is 3.74. The number of carbonyl (C=O) groups excluding carboxylic acids is 6. The zero-order valence-corrected chi connectivity index (χ0v) is 32.3. The molecule has 0 atom stereocenters. The van der Waals surface area contributed by atoms with Crippen LogP contribution in [0.1, 0.15) is 100 Å². The van der Waals surface area contributed by atoms with Crippen molar-refractivity contribution in [2.24, 2.45) is 0 Å². The number of piperidine rings is 2. The van der Waals surface area contributed by atoms with Crippen molar-refractivity contribution in [2.75, 3.05) is 40.4 Å². The molecule has 0 spiro atoms. The molecular formula is C36H52N8O10. The van der Waals surface area contributed by atoms with Gasteiger partial charge in [-0.3, -0.25) is 19.0 Å². The molecule has 18 nitrogen and oxygen atoms in total. The molecule has 0 bridgehead atoms. The lowest BCUT2D eigenvalue weighted by Gasteiger charge is -2.33. The number of nitrogens with zero attached hydrogens (tertiary/aromatic N) is 6. The molecule has 2 aromatic heterocycles. The Morgan fingerprint density at radius 1 is 0.667 bits per heavy atom. The number of esters is 2. The number of carbonyl (C=O) groups is 6. The van der Waals surface area contributed by atoms with E-state index in [1.165, 1.54) is 13.2 Å². The van der Waals surface area contributed by atoms with Crippen molar-refractivity contribution in [2.45, 2.75) is 90.5 Å². The molecular weight excluding hydrogens is 704 g/mol. The summed E-state index contributed by atoms with van der Waals surface area (Å²) < 4.78 is 23.3. The van der Waals surface area contributed by atoms with E-state index in [0.717, 1.165) is 20.0 Å². The molecule has 4 amide bonds. The first-order chi connectivity index (χ1) is 25.2. The monoisotopic (exact) mass is 756 g/mol. The van der Waals surface area contributed by atoms with Crippen LogP contribution in [-0.2, 0) is 28.5 Å². The number of hydrogen-bond acceptors (Lipinski definition) is 12. The van der Waals surface area contributed by atoms with E-state index in [1.54, 1.807) is 37.6 Å². The number of likely N-dealkylation sites (tertiary alicyclic amines) is 2. The number of aromatic nitrogens is 4. The fourth-order valence-electron chi connectivity index (χ4n) is 5.34. The first-order valence-corrected chi connectivity index (χ1v) is 17.4. The topological polar surface area (TPSA) is 206 Å². The second-order valence-corrected chi connectivity index (χ2v) is 14.6. The van der Waals surface area contributed by atoms with E-state index >= 15 is 0 Å². The van der Waals surface area contributed by atoms with Gasteiger partial charge in [0.1, 0.15) is 16.9 Å². The summed E-state index contributed by atoms with van der Waals surface area (Å²) >= 11 is 0. The Morgan fingerprint density at radius 3 is 1.50 bits per heavy atom. The van der Waals surface area contributed by atoms with Gasteiger partial charge in [-0.1, -0.05) is 13.2 Å². The van der Waals surface area contributed by atoms with Gasteiger partial charge in [0, 0.05) is 38.6 Å². The second kappa shape index (κ2) is 18.4. The van der Waals surface area contributed by atoms with Gasteiger partial charge in [-0.15, -0.1) is 0 Å². The first kappa shape index (κ1) is 42.7. The highest BCUT2D eigenvalue weighted by Gasteiger charge is 2.30. The number of methoxy groups -OCH3 is 2. The third-order valence-corrected chi connectivity index (χ3v) is 8.06. The maximum Gasteiger partial charge on any atom is 0.410 e. The summed E-state index contributed by atoms with van der Waals surface area (Å²) in [6.45, 7) is 20.2. The van der Waals surface area contributed by atoms with Gasteiger partial charge in [0.15, 0.2) is 11.4 Å². The molecule has 2 fully saturated rings. The summed E-state index contributed by atoms with van der Waals surface area (Å²) in [4.78, 5) is 74.7. The molecule has 4 heterocycles. The zero-order valence-electron chi connectivity index (χ0n) is 32.3. The van der Waals surface area contributed by atoms with Crippen molar-refractivity contribution < 1.29 is 47.7 Å². The van der Waals surface area contributed by atoms with Crippen LogP contribution in [0.5, 0.6) is 0 Å². The van der Waals surface area contributed by atoms with Crippen LogP contribution in [0.25, 0.3) is 0 Å². The molecule has 18 heteroatoms. The molecule has 2 aliphatic rings. The Kier molecular flexibility index (Phi) is 14.5. The Bertz CT molecular complexity index is 1700. The molecule has 0 aromatic carbocycles. The standard InChI is InChI=1S/C21H29N5O6.C15H23N3O4/c1-13(17(27)23-14(2)19(29)31-6)22-18(28)16-9-12-26(24-16)15-7-10-25(11-8-15)20(30)32-21(3,4)5;1-15(2,3)22-14(20)17-8-5-11(6-9-17)18-10-7-12(16-18)13(19)21-4/h9,12,15H,1-2,7-8,10-11H2,3-6H3,(H,22,28)(H,23,27);7,10-11H,5-6,8-9H2,1-4H3. The molecule has 0 radical (unpaired) electrons. The molecule has 296 valence electrons. The van der Waals surface area contributed by atoms with Crippen molar-refractivity contribution >= 4 is 35.9 Å². The number of rotatable bonds is 8. The molecule has 0 saturated carbocycles. The van der Waals surface area contributed by atoms with Crippen LogP contribution in [0.3, 0.4) is 0 Å². The van der Waals surface area contributed by atoms with Crippen LogP contribution in [0.4, 0.5) is 9.59 Å². The summed E-state index contributed by atoms with van der Waals surface area (Å²) in [6.07, 6.45) is 5.71. The lowest BCUT2D eigenvalue weighted by molar-refractivity contribution is -0.137. The summed E-state index contributed by atoms with van der Waals surface area (Å²) in [5.74, 6) is -2.68. The quantitative estimate of drug-likeness (QED) is 0.225. The fourth-order valence-corrected chi connectivity index (χ4v) is 5.34. The van der Waals surface area contributed by atoms with E-state index in [2.05, 4.69) is 43.5 Å². The lowest BCUT2D eigenvalue weighted by Crippen LogP contribution is -2.42. The Morgan fingerprint density at radius 2 is 1.09 bits per heavy atom. The van der Waals surface area contributed by atoms with Gasteiger partial charge >= 0.3 is 24.1 Å². The summed E-state index contributed by atoms with van der Waals surface area (Å²) in [7, 11) is 2.48. The first-order valence-electron chi connectivity index (χ1n) is 17.4. The summed E-state index contributed by atoms with van der Waals surface area (Å²) in [5, 5.41) is 13.0. The molecule has 4 rings (SSSR count). The largest absolute Gasteiger partial charge is 0.464 e. The van der Waals surface area contributed by atoms with E-state index in [9.17, 15) is 28.8 Å². The van der Waals surface area contributed by atoms with Gasteiger partial charge in [-0.25, -0.2) is 19.2 Å². The third-order valence-electron chi connectivity index (χ3n) is 8.06. The summed E-state index contributed by atoms with van der Waals surface area (Å²) in [5.41, 5.74) is -1.19. The fraction of sp³-hybridized carbons (Fsp3) is 0.556. The van der Waals surface area contributed by atoms with Gasteiger partial charge in [-0.05, 0) is 79.4 Å². The average molecular weight is 757 g/mol. The average Bonchev–Trinajstić information content (AvgIpc) is 3.81. The zero-order chi connectivity index (χ0) is 40.4. The maximum atomic E-state index is 12.4. The van der Waals surface area contributed by atoms with Gasteiger partial charge < -0.3 is 39.4 Å². The Hall–Kier alpha value is -5.68. The van der Waals surface area contributed by atoms with Gasteiger partial charge in [0.05, 0.1) is 32.0 Å². The molecule has 2 aliphatic heterocycles. The third kappa shape index (κ3) is 12.8. The molecule has 2 aromatic rings. The molecule has 0 unspecified atom stereocenters. The molecule has 2 saturated heterocycles. The van der Waals surface area contributed by atoms with E-state index < -0.39 is 35.0 Å². The van der Waals surface area contributed by atoms with Crippen molar-refractivity contribution in [1.29, 1.82) is 0 Å². The van der Waals surface area contributed by atoms with Crippen LogP contribution >= 0.6 is 0 Å². The number of nitrogens with one attached hydrogen (secondary N) is 2. The van der Waals surface area contributed by atoms with Crippen molar-refractivity contribution in [1.82, 2.24) is 40.0 Å². The van der Waals surface area contributed by atoms with E-state index in [4.69, 9.17) is 9.47 Å². The highest BCUT2D eigenvalue weighted by Crippen LogP contribution is 2.25. The van der Waals surface area contributed by atoms with Gasteiger partial charge in [0.25, 0.3) is 11.8 Å². The van der Waals surface area contributed by atoms with Crippen molar-refractivity contribution in [3.05, 3.63) is 60.5 Å². The Balaban J connectivity index is 0.000000311. The lowest BCUT2D eigenvalue weighted by atomic mass is 10.1. The van der Waals surface area contributed by atoms with Crippen LogP contribution in [0.15, 0.2) is 49.1 Å². The molecule has 54 heavy (non-hydrogen) atoms. The summed E-state index contributed by atoms with van der Waals surface area (Å²) in [6, 6.07) is 3.36. The van der Waals surface area contributed by atoms with E-state index in [0.29, 0.717) is 44.7 Å². The molecule has 2 N–H and O–H groups in total. The number of ether oxygens (including phenoxy) is 4. The van der Waals surface area contributed by atoms with E-state index in [-0.39, 0.29) is 41.4 Å². The maximum absolute atomic E-state index is 12.4. The SMILES string of the molecule is C=C(NC(=O)c1ccn(C2CCN(C(=O)OC(C)(C)C)CC2)n1)C(=O)NC(=C)C(=O)OC.COC(=O)c1ccn(C2CCN(C(=O)OC(C)(C)C)CC2)n1. The number of amides is 4.